The lowest BCUT2D eigenvalue weighted by Gasteiger charge is -2.28. The van der Waals surface area contributed by atoms with E-state index in [1.807, 2.05) is 13.0 Å². The SMILES string of the molecule is CC(c1ccco1)N(C(=O)c1ccc(-n2ccnc2)c([N+](=O)[O-])c1)C1CC1. The number of carbonyl (C=O) groups excluding carboxylic acids is 1. The summed E-state index contributed by atoms with van der Waals surface area (Å²) in [6.07, 6.45) is 8.07. The number of benzene rings is 1. The predicted molar refractivity (Wildman–Crippen MR) is 96.5 cm³/mol. The Labute approximate surface area is 155 Å². The lowest BCUT2D eigenvalue weighted by molar-refractivity contribution is -0.384. The molecule has 1 aromatic carbocycles. The van der Waals surface area contributed by atoms with Gasteiger partial charge in [0.05, 0.1) is 23.6 Å². The second-order valence-electron chi connectivity index (χ2n) is 6.57. The van der Waals surface area contributed by atoms with E-state index >= 15 is 0 Å². The van der Waals surface area contributed by atoms with Gasteiger partial charge in [0.25, 0.3) is 11.6 Å². The highest BCUT2D eigenvalue weighted by Crippen LogP contribution is 2.36. The molecule has 1 saturated carbocycles. The summed E-state index contributed by atoms with van der Waals surface area (Å²) < 4.78 is 7.01. The molecule has 1 unspecified atom stereocenters. The summed E-state index contributed by atoms with van der Waals surface area (Å²) in [6, 6.07) is 8.04. The van der Waals surface area contributed by atoms with E-state index in [-0.39, 0.29) is 29.2 Å². The van der Waals surface area contributed by atoms with Gasteiger partial charge in [-0.05, 0) is 44.0 Å². The van der Waals surface area contributed by atoms with Crippen LogP contribution >= 0.6 is 0 Å². The summed E-state index contributed by atoms with van der Waals surface area (Å²) in [5.41, 5.74) is 0.516. The van der Waals surface area contributed by atoms with E-state index < -0.39 is 4.92 Å². The van der Waals surface area contributed by atoms with Crippen molar-refractivity contribution >= 4 is 11.6 Å². The van der Waals surface area contributed by atoms with Crippen molar-refractivity contribution in [3.63, 3.8) is 0 Å². The van der Waals surface area contributed by atoms with Crippen LogP contribution in [0.4, 0.5) is 5.69 Å². The molecule has 2 aromatic heterocycles. The molecule has 1 fully saturated rings. The van der Waals surface area contributed by atoms with E-state index in [0.29, 0.717) is 11.4 Å². The number of nitro groups is 1. The molecule has 1 atom stereocenters. The normalized spacial score (nSPS) is 14.7. The molecule has 8 heteroatoms. The van der Waals surface area contributed by atoms with Crippen molar-refractivity contribution in [3.05, 3.63) is 76.8 Å². The molecule has 1 amide bonds. The number of imidazole rings is 1. The number of carbonyl (C=O) groups is 1. The van der Waals surface area contributed by atoms with Gasteiger partial charge in [-0.3, -0.25) is 14.9 Å². The van der Waals surface area contributed by atoms with Crippen LogP contribution < -0.4 is 0 Å². The number of furan rings is 1. The average molecular weight is 366 g/mol. The fraction of sp³-hybridized carbons (Fsp3) is 0.263. The van der Waals surface area contributed by atoms with E-state index in [1.165, 1.54) is 12.4 Å². The highest BCUT2D eigenvalue weighted by Gasteiger charge is 2.38. The van der Waals surface area contributed by atoms with Crippen molar-refractivity contribution < 1.29 is 14.1 Å². The number of amides is 1. The third kappa shape index (κ3) is 3.21. The first-order valence-electron chi connectivity index (χ1n) is 8.69. The maximum absolute atomic E-state index is 13.2. The number of nitro benzene ring substituents is 1. The monoisotopic (exact) mass is 366 g/mol. The first kappa shape index (κ1) is 17.0. The second kappa shape index (κ2) is 6.71. The van der Waals surface area contributed by atoms with Gasteiger partial charge in [-0.2, -0.15) is 0 Å². The molecule has 4 rings (SSSR count). The molecule has 0 bridgehead atoms. The van der Waals surface area contributed by atoms with Gasteiger partial charge in [0.2, 0.25) is 0 Å². The molecule has 0 N–H and O–H groups in total. The fourth-order valence-electron chi connectivity index (χ4n) is 3.25. The Morgan fingerprint density at radius 2 is 2.22 bits per heavy atom. The van der Waals surface area contributed by atoms with Gasteiger partial charge in [0, 0.05) is 30.1 Å². The second-order valence-corrected chi connectivity index (χ2v) is 6.57. The minimum atomic E-state index is -0.483. The first-order valence-corrected chi connectivity index (χ1v) is 8.69. The third-order valence-corrected chi connectivity index (χ3v) is 4.75. The Morgan fingerprint density at radius 3 is 2.81 bits per heavy atom. The van der Waals surface area contributed by atoms with Gasteiger partial charge in [-0.25, -0.2) is 4.98 Å². The number of hydrogen-bond donors (Lipinski definition) is 0. The van der Waals surface area contributed by atoms with Crippen molar-refractivity contribution in [2.24, 2.45) is 0 Å². The summed E-state index contributed by atoms with van der Waals surface area (Å²) in [4.78, 5) is 29.9. The van der Waals surface area contributed by atoms with Crippen LogP contribution in [0.3, 0.4) is 0 Å². The smallest absolute Gasteiger partial charge is 0.294 e. The van der Waals surface area contributed by atoms with Gasteiger partial charge >= 0.3 is 0 Å². The summed E-state index contributed by atoms with van der Waals surface area (Å²) in [5.74, 6) is 0.460. The molecule has 0 radical (unpaired) electrons. The zero-order valence-corrected chi connectivity index (χ0v) is 14.7. The Balaban J connectivity index is 1.70. The first-order chi connectivity index (χ1) is 13.1. The van der Waals surface area contributed by atoms with E-state index in [1.54, 1.807) is 46.3 Å². The van der Waals surface area contributed by atoms with Gasteiger partial charge in [-0.15, -0.1) is 0 Å². The lowest BCUT2D eigenvalue weighted by atomic mass is 10.1. The van der Waals surface area contributed by atoms with Gasteiger partial charge in [0.15, 0.2) is 0 Å². The maximum atomic E-state index is 13.2. The molecule has 8 nitrogen and oxygen atoms in total. The van der Waals surface area contributed by atoms with E-state index in [2.05, 4.69) is 4.98 Å². The van der Waals surface area contributed by atoms with E-state index in [0.717, 1.165) is 12.8 Å². The molecule has 27 heavy (non-hydrogen) atoms. The topological polar surface area (TPSA) is 94.4 Å². The Bertz CT molecular complexity index is 962. The summed E-state index contributed by atoms with van der Waals surface area (Å²) >= 11 is 0. The molecule has 138 valence electrons. The number of aromatic nitrogens is 2. The molecule has 3 aromatic rings. The minimum Gasteiger partial charge on any atom is -0.467 e. The van der Waals surface area contributed by atoms with Crippen LogP contribution in [0.5, 0.6) is 0 Å². The molecule has 0 spiro atoms. The Hall–Kier alpha value is -3.42. The van der Waals surface area contributed by atoms with Crippen molar-refractivity contribution in [3.8, 4) is 5.69 Å². The fourth-order valence-corrected chi connectivity index (χ4v) is 3.25. The van der Waals surface area contributed by atoms with Crippen LogP contribution in [0.25, 0.3) is 5.69 Å². The highest BCUT2D eigenvalue weighted by molar-refractivity contribution is 5.96. The highest BCUT2D eigenvalue weighted by atomic mass is 16.6. The van der Waals surface area contributed by atoms with Gasteiger partial charge < -0.3 is 13.9 Å². The lowest BCUT2D eigenvalue weighted by Crippen LogP contribution is -2.35. The molecule has 0 saturated heterocycles. The average Bonchev–Trinajstić information content (AvgIpc) is 3.15. The van der Waals surface area contributed by atoms with Crippen LogP contribution in [-0.2, 0) is 0 Å². The zero-order chi connectivity index (χ0) is 19.0. The van der Waals surface area contributed by atoms with Gasteiger partial charge in [-0.1, -0.05) is 0 Å². The molecule has 1 aliphatic rings. The van der Waals surface area contributed by atoms with Crippen molar-refractivity contribution in [1.29, 1.82) is 0 Å². The van der Waals surface area contributed by atoms with E-state index in [4.69, 9.17) is 4.42 Å². The standard InChI is InChI=1S/C19H18N4O4/c1-13(18-3-2-10-27-18)22(15-5-6-15)19(24)14-4-7-16(17(11-14)23(25)26)21-9-8-20-12-21/h2-4,7-13,15H,5-6H2,1H3. The van der Waals surface area contributed by atoms with Crippen LogP contribution in [0.15, 0.2) is 59.7 Å². The maximum Gasteiger partial charge on any atom is 0.294 e. The quantitative estimate of drug-likeness (QED) is 0.489. The van der Waals surface area contributed by atoms with Crippen LogP contribution in [0.2, 0.25) is 0 Å². The number of nitrogens with zero attached hydrogens (tertiary/aromatic N) is 4. The zero-order valence-electron chi connectivity index (χ0n) is 14.7. The van der Waals surface area contributed by atoms with Crippen LogP contribution in [0, 0.1) is 10.1 Å². The molecule has 2 heterocycles. The molecule has 1 aliphatic carbocycles. The Morgan fingerprint density at radius 1 is 1.41 bits per heavy atom. The summed E-state index contributed by atoms with van der Waals surface area (Å²) in [6.45, 7) is 1.91. The van der Waals surface area contributed by atoms with Crippen molar-refractivity contribution in [1.82, 2.24) is 14.5 Å². The molecule has 0 aliphatic heterocycles. The molecular weight excluding hydrogens is 348 g/mol. The largest absolute Gasteiger partial charge is 0.467 e. The summed E-state index contributed by atoms with van der Waals surface area (Å²) in [7, 11) is 0. The van der Waals surface area contributed by atoms with Crippen LogP contribution in [-0.4, -0.2) is 31.3 Å². The third-order valence-electron chi connectivity index (χ3n) is 4.75. The minimum absolute atomic E-state index is 0.130. The predicted octanol–water partition coefficient (Wildman–Crippen LogP) is 3.74. The van der Waals surface area contributed by atoms with Gasteiger partial charge in [0.1, 0.15) is 11.4 Å². The van der Waals surface area contributed by atoms with E-state index in [9.17, 15) is 14.9 Å². The summed E-state index contributed by atoms with van der Waals surface area (Å²) in [5, 5.41) is 11.6. The number of rotatable bonds is 6. The number of hydrogen-bond acceptors (Lipinski definition) is 5. The van der Waals surface area contributed by atoms with Crippen molar-refractivity contribution in [2.45, 2.75) is 31.8 Å². The van der Waals surface area contributed by atoms with Crippen LogP contribution in [0.1, 0.15) is 41.9 Å². The molecular formula is C19H18N4O4. The Kier molecular flexibility index (Phi) is 4.23. The van der Waals surface area contributed by atoms with Crippen molar-refractivity contribution in [2.75, 3.05) is 0 Å².